The van der Waals surface area contributed by atoms with Crippen molar-refractivity contribution in [3.8, 4) is 0 Å². The molecular weight excluding hydrogens is 256 g/mol. The number of fused-ring (bicyclic) bond motifs is 1. The summed E-state index contributed by atoms with van der Waals surface area (Å²) in [4.78, 5) is 0. The summed E-state index contributed by atoms with van der Waals surface area (Å²) in [5.74, 6) is 0. The van der Waals surface area contributed by atoms with Crippen molar-refractivity contribution in [1.82, 2.24) is 0 Å². The maximum Gasteiger partial charge on any atom is 0.0444 e. The van der Waals surface area contributed by atoms with Gasteiger partial charge < -0.3 is 0 Å². The monoisotopic (exact) mass is 276 g/mol. The number of benzene rings is 3. The Labute approximate surface area is 122 Å². The van der Waals surface area contributed by atoms with Gasteiger partial charge in [0.05, 0.1) is 0 Å². The molecular formula is C19H20Si. The zero-order chi connectivity index (χ0) is 13.9. The Balaban J connectivity index is 2.21. The van der Waals surface area contributed by atoms with E-state index in [1.807, 2.05) is 0 Å². The van der Waals surface area contributed by atoms with Crippen molar-refractivity contribution in [1.29, 1.82) is 0 Å². The molecule has 0 N–H and O–H groups in total. The van der Waals surface area contributed by atoms with Crippen molar-refractivity contribution >= 4 is 19.6 Å². The second-order valence-electron chi connectivity index (χ2n) is 5.70. The van der Waals surface area contributed by atoms with E-state index in [9.17, 15) is 0 Å². The Kier molecular flexibility index (Phi) is 3.70. The second kappa shape index (κ2) is 5.64. The lowest BCUT2D eigenvalue weighted by Gasteiger charge is -2.23. The average Bonchev–Trinajstić information content (AvgIpc) is 2.48. The van der Waals surface area contributed by atoms with Gasteiger partial charge in [0, 0.05) is 14.3 Å². The highest BCUT2D eigenvalue weighted by Crippen LogP contribution is 2.32. The molecule has 0 aliphatic heterocycles. The first kappa shape index (κ1) is 13.1. The lowest BCUT2D eigenvalue weighted by Crippen LogP contribution is -2.17. The summed E-state index contributed by atoms with van der Waals surface area (Å²) in [5, 5.41) is 2.76. The fourth-order valence-corrected chi connectivity index (χ4v) is 5.11. The van der Waals surface area contributed by atoms with Crippen LogP contribution in [0.3, 0.4) is 0 Å². The van der Waals surface area contributed by atoms with Gasteiger partial charge in [-0.05, 0) is 21.9 Å². The van der Waals surface area contributed by atoms with Gasteiger partial charge in [-0.3, -0.25) is 0 Å². The minimum absolute atomic E-state index is 0.585. The van der Waals surface area contributed by atoms with E-state index in [4.69, 9.17) is 0 Å². The van der Waals surface area contributed by atoms with E-state index in [2.05, 4.69) is 85.9 Å². The van der Waals surface area contributed by atoms with E-state index < -0.39 is 8.80 Å². The standard InChI is InChI=1S/C19H20Si/c1-20(2)19(16-10-4-3-5-11-16)18-14-8-12-15-9-6-7-13-17(15)18/h3-14,19-20H,1-2H3. The summed E-state index contributed by atoms with van der Waals surface area (Å²) >= 11 is 0. The molecule has 0 saturated heterocycles. The fraction of sp³-hybridized carbons (Fsp3) is 0.158. The SMILES string of the molecule is C[SiH](C)C(c1ccccc1)c1cccc2ccccc12. The molecule has 3 aromatic carbocycles. The molecule has 100 valence electrons. The normalized spacial score (nSPS) is 12.8. The number of hydrogen-bond donors (Lipinski definition) is 0. The van der Waals surface area contributed by atoms with Crippen LogP contribution in [0, 0.1) is 0 Å². The van der Waals surface area contributed by atoms with Crippen LogP contribution in [0.15, 0.2) is 72.8 Å². The van der Waals surface area contributed by atoms with Gasteiger partial charge in [-0.2, -0.15) is 0 Å². The Morgan fingerprint density at radius 2 is 1.35 bits per heavy atom. The quantitative estimate of drug-likeness (QED) is 0.591. The van der Waals surface area contributed by atoms with Gasteiger partial charge in [0.1, 0.15) is 0 Å². The van der Waals surface area contributed by atoms with Crippen LogP contribution in [0.5, 0.6) is 0 Å². The van der Waals surface area contributed by atoms with Crippen molar-refractivity contribution in [2.45, 2.75) is 18.6 Å². The Hall–Kier alpha value is -1.86. The van der Waals surface area contributed by atoms with E-state index in [1.165, 1.54) is 21.9 Å². The summed E-state index contributed by atoms with van der Waals surface area (Å²) < 4.78 is 0. The van der Waals surface area contributed by atoms with Crippen LogP contribution in [0.2, 0.25) is 13.1 Å². The van der Waals surface area contributed by atoms with Gasteiger partial charge in [-0.1, -0.05) is 85.9 Å². The van der Waals surface area contributed by atoms with E-state index in [0.717, 1.165) is 0 Å². The smallest absolute Gasteiger partial charge is 0.0444 e. The minimum Gasteiger partial charge on any atom is -0.0714 e. The van der Waals surface area contributed by atoms with Crippen molar-refractivity contribution in [3.63, 3.8) is 0 Å². The molecule has 1 unspecified atom stereocenters. The molecule has 1 heteroatoms. The summed E-state index contributed by atoms with van der Waals surface area (Å²) in [6, 6.07) is 26.4. The van der Waals surface area contributed by atoms with Crippen LogP contribution in [0.25, 0.3) is 10.8 Å². The lowest BCUT2D eigenvalue weighted by atomic mass is 9.98. The maximum atomic E-state index is 2.44. The van der Waals surface area contributed by atoms with E-state index in [1.54, 1.807) is 0 Å². The van der Waals surface area contributed by atoms with Crippen LogP contribution in [-0.4, -0.2) is 8.80 Å². The molecule has 1 atom stereocenters. The Bertz CT molecular complexity index is 696. The van der Waals surface area contributed by atoms with Crippen LogP contribution in [0.1, 0.15) is 16.7 Å². The molecule has 0 aliphatic carbocycles. The second-order valence-corrected chi connectivity index (χ2v) is 8.86. The van der Waals surface area contributed by atoms with Crippen LogP contribution in [0.4, 0.5) is 0 Å². The van der Waals surface area contributed by atoms with Crippen LogP contribution >= 0.6 is 0 Å². The first-order valence-corrected chi connectivity index (χ1v) is 10.3. The van der Waals surface area contributed by atoms with Crippen LogP contribution in [-0.2, 0) is 0 Å². The first-order chi connectivity index (χ1) is 9.77. The molecule has 0 spiro atoms. The van der Waals surface area contributed by atoms with Gasteiger partial charge in [0.15, 0.2) is 0 Å². The molecule has 0 saturated carbocycles. The molecule has 20 heavy (non-hydrogen) atoms. The van der Waals surface area contributed by atoms with Gasteiger partial charge in [0.2, 0.25) is 0 Å². The largest absolute Gasteiger partial charge is 0.0714 e. The van der Waals surface area contributed by atoms with Gasteiger partial charge in [0.25, 0.3) is 0 Å². The summed E-state index contributed by atoms with van der Waals surface area (Å²) in [6.07, 6.45) is 0. The minimum atomic E-state index is -0.846. The molecule has 0 amide bonds. The predicted octanol–water partition coefficient (Wildman–Crippen LogP) is 5.00. The molecule has 0 heterocycles. The Morgan fingerprint density at radius 1 is 0.700 bits per heavy atom. The maximum absolute atomic E-state index is 2.44. The number of rotatable bonds is 3. The first-order valence-electron chi connectivity index (χ1n) is 7.30. The highest BCUT2D eigenvalue weighted by molar-refractivity contribution is 6.58. The van der Waals surface area contributed by atoms with Gasteiger partial charge >= 0.3 is 0 Å². The molecule has 0 nitrogen and oxygen atoms in total. The lowest BCUT2D eigenvalue weighted by molar-refractivity contribution is 1.12. The third-order valence-corrected chi connectivity index (χ3v) is 6.06. The molecule has 0 bridgehead atoms. The van der Waals surface area contributed by atoms with E-state index in [-0.39, 0.29) is 0 Å². The zero-order valence-electron chi connectivity index (χ0n) is 12.1. The third kappa shape index (κ3) is 2.41. The zero-order valence-corrected chi connectivity index (χ0v) is 13.2. The van der Waals surface area contributed by atoms with Crippen LogP contribution < -0.4 is 0 Å². The molecule has 3 aromatic rings. The molecule has 0 aromatic heterocycles. The summed E-state index contributed by atoms with van der Waals surface area (Å²) in [5.41, 5.74) is 3.55. The van der Waals surface area contributed by atoms with Gasteiger partial charge in [-0.25, -0.2) is 0 Å². The molecule has 3 rings (SSSR count). The van der Waals surface area contributed by atoms with Crippen molar-refractivity contribution in [2.75, 3.05) is 0 Å². The molecule has 0 fully saturated rings. The summed E-state index contributed by atoms with van der Waals surface area (Å²) in [7, 11) is -0.846. The highest BCUT2D eigenvalue weighted by Gasteiger charge is 2.20. The van der Waals surface area contributed by atoms with E-state index in [0.29, 0.717) is 5.54 Å². The highest BCUT2D eigenvalue weighted by atomic mass is 28.3. The Morgan fingerprint density at radius 3 is 2.10 bits per heavy atom. The topological polar surface area (TPSA) is 0 Å². The predicted molar refractivity (Wildman–Crippen MR) is 91.1 cm³/mol. The average molecular weight is 276 g/mol. The van der Waals surface area contributed by atoms with Crippen molar-refractivity contribution < 1.29 is 0 Å². The fourth-order valence-electron chi connectivity index (χ4n) is 3.11. The van der Waals surface area contributed by atoms with E-state index >= 15 is 0 Å². The molecule has 0 radical (unpaired) electrons. The van der Waals surface area contributed by atoms with Crippen molar-refractivity contribution in [3.05, 3.63) is 83.9 Å². The van der Waals surface area contributed by atoms with Gasteiger partial charge in [-0.15, -0.1) is 0 Å². The third-order valence-electron chi connectivity index (χ3n) is 3.98. The van der Waals surface area contributed by atoms with Crippen molar-refractivity contribution in [2.24, 2.45) is 0 Å². The number of hydrogen-bond acceptors (Lipinski definition) is 0. The summed E-state index contributed by atoms with van der Waals surface area (Å²) in [6.45, 7) is 4.89. The molecule has 0 aliphatic rings.